The van der Waals surface area contributed by atoms with Crippen LogP contribution in [0.25, 0.3) is 0 Å². The molecule has 0 saturated carbocycles. The first-order valence-electron chi connectivity index (χ1n) is 6.21. The Hall–Kier alpha value is -1.22. The molecule has 1 atom stereocenters. The first-order chi connectivity index (χ1) is 8.21. The van der Waals surface area contributed by atoms with E-state index in [2.05, 4.69) is 13.8 Å². The Balaban J connectivity index is 2.67. The van der Waals surface area contributed by atoms with E-state index in [1.54, 1.807) is 7.11 Å². The summed E-state index contributed by atoms with van der Waals surface area (Å²) in [7, 11) is 1.65. The van der Waals surface area contributed by atoms with Crippen molar-refractivity contribution in [2.24, 2.45) is 11.7 Å². The quantitative estimate of drug-likeness (QED) is 0.793. The third-order valence-corrected chi connectivity index (χ3v) is 2.77. The van der Waals surface area contributed by atoms with Gasteiger partial charge in [-0.25, -0.2) is 0 Å². The maximum absolute atomic E-state index is 5.80. The van der Waals surface area contributed by atoms with Crippen LogP contribution in [0.3, 0.4) is 0 Å². The van der Waals surface area contributed by atoms with E-state index < -0.39 is 0 Å². The van der Waals surface area contributed by atoms with E-state index in [-0.39, 0.29) is 0 Å². The Bertz CT molecular complexity index is 339. The summed E-state index contributed by atoms with van der Waals surface area (Å²) in [6.45, 7) is 5.62. The van der Waals surface area contributed by atoms with Crippen molar-refractivity contribution in [2.75, 3.05) is 13.7 Å². The smallest absolute Gasteiger partial charge is 0.161 e. The van der Waals surface area contributed by atoms with E-state index >= 15 is 0 Å². The van der Waals surface area contributed by atoms with Crippen LogP contribution in [0.5, 0.6) is 11.5 Å². The van der Waals surface area contributed by atoms with Crippen LogP contribution in [-0.2, 0) is 6.54 Å². The number of hydrogen-bond donors (Lipinski definition) is 1. The Morgan fingerprint density at radius 2 is 2.06 bits per heavy atom. The largest absolute Gasteiger partial charge is 0.493 e. The molecule has 0 spiro atoms. The molecule has 96 valence electrons. The number of methoxy groups -OCH3 is 1. The molecule has 1 aromatic rings. The van der Waals surface area contributed by atoms with Crippen LogP contribution in [-0.4, -0.2) is 13.7 Å². The molecule has 0 bridgehead atoms. The summed E-state index contributed by atoms with van der Waals surface area (Å²) < 4.78 is 11.1. The Morgan fingerprint density at radius 3 is 2.65 bits per heavy atom. The minimum atomic E-state index is 0.519. The molecule has 2 N–H and O–H groups in total. The molecule has 0 fully saturated rings. The molecule has 0 radical (unpaired) electrons. The number of ether oxygens (including phenoxy) is 2. The summed E-state index contributed by atoms with van der Waals surface area (Å²) in [5, 5.41) is 0. The minimum Gasteiger partial charge on any atom is -0.493 e. The summed E-state index contributed by atoms with van der Waals surface area (Å²) in [6, 6.07) is 5.82. The predicted octanol–water partition coefficient (Wildman–Crippen LogP) is 2.97. The molecule has 3 heteroatoms. The fourth-order valence-corrected chi connectivity index (χ4v) is 1.77. The number of hydrogen-bond acceptors (Lipinski definition) is 3. The number of benzene rings is 1. The normalized spacial score (nSPS) is 12.2. The molecule has 3 nitrogen and oxygen atoms in total. The molecule has 1 rings (SSSR count). The first-order valence-corrected chi connectivity index (χ1v) is 6.21. The molecule has 0 aliphatic carbocycles. The fourth-order valence-electron chi connectivity index (χ4n) is 1.77. The highest BCUT2D eigenvalue weighted by Gasteiger charge is 2.07. The van der Waals surface area contributed by atoms with E-state index in [0.29, 0.717) is 12.5 Å². The lowest BCUT2D eigenvalue weighted by Crippen LogP contribution is -2.09. The van der Waals surface area contributed by atoms with Gasteiger partial charge in [0.1, 0.15) is 0 Å². The zero-order valence-electron chi connectivity index (χ0n) is 11.0. The molecule has 1 aromatic carbocycles. The number of rotatable bonds is 7. The van der Waals surface area contributed by atoms with Gasteiger partial charge in [-0.2, -0.15) is 0 Å². The van der Waals surface area contributed by atoms with Crippen molar-refractivity contribution in [1.29, 1.82) is 0 Å². The molecular formula is C14H23NO2. The Labute approximate surface area is 104 Å². The van der Waals surface area contributed by atoms with E-state index in [1.165, 1.54) is 12.8 Å². The molecule has 1 unspecified atom stereocenters. The van der Waals surface area contributed by atoms with Crippen molar-refractivity contribution < 1.29 is 9.47 Å². The van der Waals surface area contributed by atoms with Crippen molar-refractivity contribution in [2.45, 2.75) is 33.2 Å². The van der Waals surface area contributed by atoms with Gasteiger partial charge in [0, 0.05) is 6.54 Å². The monoisotopic (exact) mass is 237 g/mol. The lowest BCUT2D eigenvalue weighted by molar-refractivity contribution is 0.240. The molecule has 0 saturated heterocycles. The summed E-state index contributed by atoms with van der Waals surface area (Å²) in [6.07, 6.45) is 2.36. The standard InChI is InChI=1S/C14H23NO2/c1-4-5-11(2)10-17-14-8-12(9-15)6-7-13(14)16-3/h6-8,11H,4-5,9-10,15H2,1-3H3. The van der Waals surface area contributed by atoms with Crippen LogP contribution in [0, 0.1) is 5.92 Å². The van der Waals surface area contributed by atoms with E-state index in [0.717, 1.165) is 23.7 Å². The third-order valence-electron chi connectivity index (χ3n) is 2.77. The van der Waals surface area contributed by atoms with Crippen molar-refractivity contribution in [3.63, 3.8) is 0 Å². The van der Waals surface area contributed by atoms with Crippen molar-refractivity contribution >= 4 is 0 Å². The molecule has 17 heavy (non-hydrogen) atoms. The molecule has 0 aliphatic heterocycles. The van der Waals surface area contributed by atoms with Crippen molar-refractivity contribution in [3.05, 3.63) is 23.8 Å². The van der Waals surface area contributed by atoms with Gasteiger partial charge in [0.2, 0.25) is 0 Å². The summed E-state index contributed by atoms with van der Waals surface area (Å²) in [5.74, 6) is 2.12. The second kappa shape index (κ2) is 7.17. The van der Waals surface area contributed by atoms with Gasteiger partial charge in [-0.1, -0.05) is 26.3 Å². The lowest BCUT2D eigenvalue weighted by Gasteiger charge is -2.15. The zero-order chi connectivity index (χ0) is 12.7. The summed E-state index contributed by atoms with van der Waals surface area (Å²) in [5.41, 5.74) is 6.68. The van der Waals surface area contributed by atoms with Crippen LogP contribution in [0.15, 0.2) is 18.2 Å². The van der Waals surface area contributed by atoms with Crippen LogP contribution in [0.2, 0.25) is 0 Å². The SMILES string of the molecule is CCCC(C)COc1cc(CN)ccc1OC. The van der Waals surface area contributed by atoms with Gasteiger partial charge in [0.25, 0.3) is 0 Å². The van der Waals surface area contributed by atoms with Gasteiger partial charge in [0.05, 0.1) is 13.7 Å². The third kappa shape index (κ3) is 4.27. The fraction of sp³-hybridized carbons (Fsp3) is 0.571. The average molecular weight is 237 g/mol. The topological polar surface area (TPSA) is 44.5 Å². The number of nitrogens with two attached hydrogens (primary N) is 1. The maximum Gasteiger partial charge on any atom is 0.161 e. The van der Waals surface area contributed by atoms with Gasteiger partial charge in [0.15, 0.2) is 11.5 Å². The van der Waals surface area contributed by atoms with Crippen LogP contribution in [0.1, 0.15) is 32.3 Å². The zero-order valence-corrected chi connectivity index (χ0v) is 11.0. The highest BCUT2D eigenvalue weighted by Crippen LogP contribution is 2.28. The van der Waals surface area contributed by atoms with Crippen LogP contribution < -0.4 is 15.2 Å². The highest BCUT2D eigenvalue weighted by atomic mass is 16.5. The van der Waals surface area contributed by atoms with Gasteiger partial charge in [-0.15, -0.1) is 0 Å². The Morgan fingerprint density at radius 1 is 1.29 bits per heavy atom. The van der Waals surface area contributed by atoms with Gasteiger partial charge >= 0.3 is 0 Å². The van der Waals surface area contributed by atoms with Crippen molar-refractivity contribution in [1.82, 2.24) is 0 Å². The molecule has 0 aliphatic rings. The highest BCUT2D eigenvalue weighted by molar-refractivity contribution is 5.42. The van der Waals surface area contributed by atoms with E-state index in [9.17, 15) is 0 Å². The second-order valence-electron chi connectivity index (χ2n) is 4.39. The van der Waals surface area contributed by atoms with Crippen LogP contribution in [0.4, 0.5) is 0 Å². The molecular weight excluding hydrogens is 214 g/mol. The van der Waals surface area contributed by atoms with Gasteiger partial charge in [-0.05, 0) is 30.0 Å². The summed E-state index contributed by atoms with van der Waals surface area (Å²) in [4.78, 5) is 0. The lowest BCUT2D eigenvalue weighted by atomic mass is 10.1. The maximum atomic E-state index is 5.80. The van der Waals surface area contributed by atoms with E-state index in [4.69, 9.17) is 15.2 Å². The minimum absolute atomic E-state index is 0.519. The van der Waals surface area contributed by atoms with Crippen LogP contribution >= 0.6 is 0 Å². The predicted molar refractivity (Wildman–Crippen MR) is 70.5 cm³/mol. The first kappa shape index (κ1) is 13.8. The van der Waals surface area contributed by atoms with Gasteiger partial charge < -0.3 is 15.2 Å². The molecule has 0 aromatic heterocycles. The molecule has 0 amide bonds. The molecule has 0 heterocycles. The van der Waals surface area contributed by atoms with Crippen molar-refractivity contribution in [3.8, 4) is 11.5 Å². The van der Waals surface area contributed by atoms with Gasteiger partial charge in [-0.3, -0.25) is 0 Å². The average Bonchev–Trinajstić information content (AvgIpc) is 2.36. The second-order valence-corrected chi connectivity index (χ2v) is 4.39. The van der Waals surface area contributed by atoms with E-state index in [1.807, 2.05) is 18.2 Å². The Kier molecular flexibility index (Phi) is 5.84. The summed E-state index contributed by atoms with van der Waals surface area (Å²) >= 11 is 0.